The van der Waals surface area contributed by atoms with Crippen molar-refractivity contribution in [3.8, 4) is 17.3 Å². The summed E-state index contributed by atoms with van der Waals surface area (Å²) >= 11 is 0. The van der Waals surface area contributed by atoms with Crippen LogP contribution in [-0.4, -0.2) is 30.6 Å². The second-order valence-corrected chi connectivity index (χ2v) is 7.73. The van der Waals surface area contributed by atoms with Gasteiger partial charge in [0.25, 0.3) is 0 Å². The van der Waals surface area contributed by atoms with Gasteiger partial charge >= 0.3 is 6.09 Å². The number of anilines is 1. The molecule has 5 aromatic rings. The number of amides is 1. The molecule has 1 amide bonds. The van der Waals surface area contributed by atoms with Crippen molar-refractivity contribution in [2.45, 2.75) is 13.1 Å². The molecule has 2 aromatic carbocycles. The highest BCUT2D eigenvalue weighted by molar-refractivity contribution is 5.72. The van der Waals surface area contributed by atoms with Gasteiger partial charge in [-0.25, -0.2) is 9.78 Å². The summed E-state index contributed by atoms with van der Waals surface area (Å²) in [5, 5.41) is 4.42. The number of rotatable bonds is 6. The average molecular weight is 451 g/mol. The summed E-state index contributed by atoms with van der Waals surface area (Å²) < 4.78 is 7.23. The summed E-state index contributed by atoms with van der Waals surface area (Å²) in [7, 11) is 0. The Morgan fingerprint density at radius 2 is 1.53 bits per heavy atom. The standard InChI is InChI=1S/C26H22N6O2/c27-23-15-21(16-24-29-25(30-32(23)24)22-13-7-8-14-28-22)34-26(33)31(17-19-9-3-1-4-10-19)18-20-11-5-2-6-12-20/h1-16H,17-18,27H2. The number of pyridine rings is 2. The molecule has 34 heavy (non-hydrogen) atoms. The van der Waals surface area contributed by atoms with Gasteiger partial charge in [0, 0.05) is 31.4 Å². The fraction of sp³-hybridized carbons (Fsp3) is 0.0769. The van der Waals surface area contributed by atoms with E-state index in [2.05, 4.69) is 15.1 Å². The summed E-state index contributed by atoms with van der Waals surface area (Å²) in [6, 6.07) is 28.3. The van der Waals surface area contributed by atoms with Crippen molar-refractivity contribution in [3.63, 3.8) is 0 Å². The van der Waals surface area contributed by atoms with Crippen LogP contribution in [0.3, 0.4) is 0 Å². The lowest BCUT2D eigenvalue weighted by molar-refractivity contribution is 0.146. The molecule has 0 spiro atoms. The Labute approximate surface area is 196 Å². The number of nitrogen functional groups attached to an aromatic ring is 1. The van der Waals surface area contributed by atoms with Crippen LogP contribution in [0.1, 0.15) is 11.1 Å². The summed E-state index contributed by atoms with van der Waals surface area (Å²) in [6.45, 7) is 0.808. The second-order valence-electron chi connectivity index (χ2n) is 7.73. The molecule has 8 nitrogen and oxygen atoms in total. The molecule has 0 atom stereocenters. The predicted molar refractivity (Wildman–Crippen MR) is 129 cm³/mol. The summed E-state index contributed by atoms with van der Waals surface area (Å²) in [5.74, 6) is 1.03. The van der Waals surface area contributed by atoms with Gasteiger partial charge in [0.05, 0.1) is 0 Å². The summed E-state index contributed by atoms with van der Waals surface area (Å²) in [5.41, 5.74) is 9.27. The smallest absolute Gasteiger partial charge is 0.410 e. The van der Waals surface area contributed by atoms with E-state index in [0.717, 1.165) is 11.1 Å². The average Bonchev–Trinajstić information content (AvgIpc) is 3.30. The minimum absolute atomic E-state index is 0.293. The number of aromatic nitrogens is 4. The fourth-order valence-corrected chi connectivity index (χ4v) is 3.60. The third-order valence-corrected chi connectivity index (χ3v) is 5.23. The minimum atomic E-state index is -0.485. The fourth-order valence-electron chi connectivity index (χ4n) is 3.60. The number of carbonyl (C=O) groups is 1. The first-order chi connectivity index (χ1) is 16.7. The van der Waals surface area contributed by atoms with Crippen molar-refractivity contribution in [2.75, 3.05) is 5.73 Å². The number of fused-ring (bicyclic) bond motifs is 1. The van der Waals surface area contributed by atoms with Gasteiger partial charge in [-0.3, -0.25) is 9.88 Å². The molecule has 2 N–H and O–H groups in total. The van der Waals surface area contributed by atoms with Crippen molar-refractivity contribution in [1.82, 2.24) is 24.5 Å². The molecule has 0 bridgehead atoms. The molecular formula is C26H22N6O2. The third kappa shape index (κ3) is 4.71. The zero-order valence-electron chi connectivity index (χ0n) is 18.3. The van der Waals surface area contributed by atoms with Crippen molar-refractivity contribution in [3.05, 3.63) is 108 Å². The number of nitrogens with two attached hydrogens (primary N) is 1. The zero-order valence-corrected chi connectivity index (χ0v) is 18.3. The molecule has 0 saturated carbocycles. The lowest BCUT2D eigenvalue weighted by Crippen LogP contribution is -2.32. The first kappa shape index (κ1) is 21.1. The topological polar surface area (TPSA) is 98.6 Å². The van der Waals surface area contributed by atoms with Gasteiger partial charge in [-0.05, 0) is 23.3 Å². The van der Waals surface area contributed by atoms with E-state index < -0.39 is 6.09 Å². The molecule has 8 heteroatoms. The van der Waals surface area contributed by atoms with Crippen LogP contribution in [0.2, 0.25) is 0 Å². The summed E-state index contributed by atoms with van der Waals surface area (Å²) in [4.78, 5) is 23.6. The Morgan fingerprint density at radius 1 is 0.882 bits per heavy atom. The van der Waals surface area contributed by atoms with Gasteiger partial charge in [0.15, 0.2) is 5.65 Å². The van der Waals surface area contributed by atoms with Crippen LogP contribution >= 0.6 is 0 Å². The van der Waals surface area contributed by atoms with Gasteiger partial charge in [-0.2, -0.15) is 4.52 Å². The first-order valence-corrected chi connectivity index (χ1v) is 10.8. The highest BCUT2D eigenvalue weighted by Crippen LogP contribution is 2.23. The molecule has 0 fully saturated rings. The van der Waals surface area contributed by atoms with Gasteiger partial charge in [-0.15, -0.1) is 5.10 Å². The first-order valence-electron chi connectivity index (χ1n) is 10.8. The van der Waals surface area contributed by atoms with E-state index in [1.54, 1.807) is 23.2 Å². The normalized spacial score (nSPS) is 10.8. The van der Waals surface area contributed by atoms with E-state index in [0.29, 0.717) is 41.8 Å². The number of hydrogen-bond donors (Lipinski definition) is 1. The molecule has 0 saturated heterocycles. The van der Waals surface area contributed by atoms with E-state index in [1.165, 1.54) is 4.52 Å². The molecule has 0 radical (unpaired) electrons. The number of carbonyl (C=O) groups excluding carboxylic acids is 1. The Bertz CT molecular complexity index is 1360. The van der Waals surface area contributed by atoms with Gasteiger partial charge in [-0.1, -0.05) is 66.7 Å². The van der Waals surface area contributed by atoms with Crippen LogP contribution in [0.25, 0.3) is 17.2 Å². The number of hydrogen-bond acceptors (Lipinski definition) is 6. The maximum atomic E-state index is 13.2. The quantitative estimate of drug-likeness (QED) is 0.407. The number of ether oxygens (including phenoxy) is 1. The minimum Gasteiger partial charge on any atom is -0.410 e. The summed E-state index contributed by atoms with van der Waals surface area (Å²) in [6.07, 6.45) is 1.19. The maximum Gasteiger partial charge on any atom is 0.415 e. The van der Waals surface area contributed by atoms with E-state index in [4.69, 9.17) is 10.5 Å². The van der Waals surface area contributed by atoms with Gasteiger partial charge in [0.2, 0.25) is 5.82 Å². The molecule has 5 rings (SSSR count). The zero-order chi connectivity index (χ0) is 23.3. The number of benzene rings is 2. The van der Waals surface area contributed by atoms with Crippen LogP contribution in [-0.2, 0) is 13.1 Å². The van der Waals surface area contributed by atoms with Crippen molar-refractivity contribution >= 4 is 17.6 Å². The second kappa shape index (κ2) is 9.41. The van der Waals surface area contributed by atoms with Crippen LogP contribution < -0.4 is 10.5 Å². The van der Waals surface area contributed by atoms with Crippen LogP contribution in [0.4, 0.5) is 10.6 Å². The predicted octanol–water partition coefficient (Wildman–Crippen LogP) is 4.57. The lowest BCUT2D eigenvalue weighted by atomic mass is 10.2. The highest BCUT2D eigenvalue weighted by Gasteiger charge is 2.19. The van der Waals surface area contributed by atoms with E-state index in [-0.39, 0.29) is 0 Å². The Morgan fingerprint density at radius 3 is 2.15 bits per heavy atom. The maximum absolute atomic E-state index is 13.2. The number of nitrogens with zero attached hydrogens (tertiary/aromatic N) is 5. The molecule has 3 heterocycles. The molecule has 3 aromatic heterocycles. The van der Waals surface area contributed by atoms with E-state index >= 15 is 0 Å². The van der Waals surface area contributed by atoms with Crippen LogP contribution in [0.15, 0.2) is 97.2 Å². The van der Waals surface area contributed by atoms with Crippen LogP contribution in [0, 0.1) is 0 Å². The Hall–Kier alpha value is -4.72. The monoisotopic (exact) mass is 450 g/mol. The molecule has 0 unspecified atom stereocenters. The Kier molecular flexibility index (Phi) is 5.85. The lowest BCUT2D eigenvalue weighted by Gasteiger charge is -2.22. The molecular weight excluding hydrogens is 428 g/mol. The largest absolute Gasteiger partial charge is 0.415 e. The van der Waals surface area contributed by atoms with E-state index in [9.17, 15) is 4.79 Å². The van der Waals surface area contributed by atoms with Gasteiger partial charge in [0.1, 0.15) is 17.3 Å². The van der Waals surface area contributed by atoms with Gasteiger partial charge < -0.3 is 10.5 Å². The Balaban J connectivity index is 1.41. The van der Waals surface area contributed by atoms with Crippen LogP contribution in [0.5, 0.6) is 5.75 Å². The van der Waals surface area contributed by atoms with Crippen molar-refractivity contribution < 1.29 is 9.53 Å². The molecule has 168 valence electrons. The SMILES string of the molecule is Nc1cc(OC(=O)N(Cc2ccccc2)Cc2ccccc2)cc2nc(-c3ccccn3)nn12. The highest BCUT2D eigenvalue weighted by atomic mass is 16.6. The molecule has 0 aliphatic rings. The van der Waals surface area contributed by atoms with Crippen molar-refractivity contribution in [1.29, 1.82) is 0 Å². The molecule has 0 aliphatic carbocycles. The molecule has 0 aliphatic heterocycles. The van der Waals surface area contributed by atoms with E-state index in [1.807, 2.05) is 78.9 Å². The van der Waals surface area contributed by atoms with Crippen molar-refractivity contribution in [2.24, 2.45) is 0 Å². The third-order valence-electron chi connectivity index (χ3n) is 5.23.